The third-order valence-electron chi connectivity index (χ3n) is 3.39. The molecule has 0 amide bonds. The van der Waals surface area contributed by atoms with Crippen molar-refractivity contribution in [2.45, 2.75) is 20.0 Å². The standard InChI is InChI=1S/C17H14O6/c1-9-5-6-12-11(8-9)14(18)16(22-10(2)17(19)20)15(23-12)13-4-3-7-21-13/h3-8,10H,1-2H3,(H,19,20). The molecule has 6 nitrogen and oxygen atoms in total. The molecule has 3 aromatic rings. The average Bonchev–Trinajstić information content (AvgIpc) is 3.04. The molecule has 0 aliphatic carbocycles. The van der Waals surface area contributed by atoms with E-state index in [1.807, 2.05) is 13.0 Å². The van der Waals surface area contributed by atoms with E-state index in [1.165, 1.54) is 13.2 Å². The highest BCUT2D eigenvalue weighted by molar-refractivity contribution is 5.82. The van der Waals surface area contributed by atoms with Crippen LogP contribution in [0.4, 0.5) is 0 Å². The van der Waals surface area contributed by atoms with Crippen molar-refractivity contribution in [3.63, 3.8) is 0 Å². The summed E-state index contributed by atoms with van der Waals surface area (Å²) in [5.41, 5.74) is 0.824. The zero-order valence-electron chi connectivity index (χ0n) is 12.5. The lowest BCUT2D eigenvalue weighted by molar-refractivity contribution is -0.144. The highest BCUT2D eigenvalue weighted by atomic mass is 16.5. The number of carboxylic acids is 1. The van der Waals surface area contributed by atoms with Gasteiger partial charge in [-0.25, -0.2) is 4.79 Å². The molecule has 2 aromatic heterocycles. The number of carbonyl (C=O) groups is 1. The lowest BCUT2D eigenvalue weighted by Gasteiger charge is -2.13. The molecule has 0 saturated carbocycles. The van der Waals surface area contributed by atoms with E-state index in [9.17, 15) is 9.59 Å². The molecule has 23 heavy (non-hydrogen) atoms. The molecule has 3 rings (SSSR count). The molecule has 0 saturated heterocycles. The lowest BCUT2D eigenvalue weighted by Crippen LogP contribution is -2.26. The first-order valence-electron chi connectivity index (χ1n) is 6.98. The van der Waals surface area contributed by atoms with Gasteiger partial charge in [0.15, 0.2) is 11.9 Å². The molecule has 0 radical (unpaired) electrons. The van der Waals surface area contributed by atoms with Crippen LogP contribution in [-0.4, -0.2) is 17.2 Å². The summed E-state index contributed by atoms with van der Waals surface area (Å²) in [5, 5.41) is 9.36. The molecule has 0 fully saturated rings. The van der Waals surface area contributed by atoms with Crippen LogP contribution in [0.15, 0.2) is 50.2 Å². The van der Waals surface area contributed by atoms with Gasteiger partial charge in [0.25, 0.3) is 0 Å². The largest absolute Gasteiger partial charge is 0.479 e. The van der Waals surface area contributed by atoms with Gasteiger partial charge in [-0.1, -0.05) is 11.6 Å². The molecule has 0 spiro atoms. The van der Waals surface area contributed by atoms with Gasteiger partial charge in [0.05, 0.1) is 11.6 Å². The number of furan rings is 1. The van der Waals surface area contributed by atoms with Gasteiger partial charge in [-0.2, -0.15) is 0 Å². The fourth-order valence-electron chi connectivity index (χ4n) is 2.20. The first-order chi connectivity index (χ1) is 11.0. The second kappa shape index (κ2) is 5.64. The van der Waals surface area contributed by atoms with Crippen LogP contribution in [0.25, 0.3) is 22.5 Å². The Balaban J connectivity index is 2.28. The Morgan fingerprint density at radius 2 is 2.09 bits per heavy atom. The Bertz CT molecular complexity index is 920. The van der Waals surface area contributed by atoms with E-state index in [1.54, 1.807) is 24.3 Å². The number of aryl methyl sites for hydroxylation is 1. The second-order valence-corrected chi connectivity index (χ2v) is 5.16. The quantitative estimate of drug-likeness (QED) is 0.795. The third kappa shape index (κ3) is 2.70. The van der Waals surface area contributed by atoms with Crippen LogP contribution in [0.5, 0.6) is 5.75 Å². The number of benzene rings is 1. The summed E-state index contributed by atoms with van der Waals surface area (Å²) in [7, 11) is 0. The van der Waals surface area contributed by atoms with Crippen molar-refractivity contribution in [1.82, 2.24) is 0 Å². The van der Waals surface area contributed by atoms with Gasteiger partial charge in [-0.15, -0.1) is 0 Å². The first-order valence-corrected chi connectivity index (χ1v) is 6.98. The monoisotopic (exact) mass is 314 g/mol. The van der Waals surface area contributed by atoms with Crippen molar-refractivity contribution in [2.24, 2.45) is 0 Å². The van der Waals surface area contributed by atoms with Crippen molar-refractivity contribution in [3.8, 4) is 17.3 Å². The van der Waals surface area contributed by atoms with Gasteiger partial charge < -0.3 is 18.7 Å². The maximum atomic E-state index is 12.7. The van der Waals surface area contributed by atoms with Crippen LogP contribution in [0.2, 0.25) is 0 Å². The number of fused-ring (bicyclic) bond motifs is 1. The summed E-state index contributed by atoms with van der Waals surface area (Å²) < 4.78 is 16.4. The molecule has 6 heteroatoms. The highest BCUT2D eigenvalue weighted by Gasteiger charge is 2.23. The zero-order valence-corrected chi connectivity index (χ0v) is 12.5. The molecular weight excluding hydrogens is 300 g/mol. The number of aliphatic carboxylic acids is 1. The molecule has 1 N–H and O–H groups in total. The normalized spacial score (nSPS) is 12.3. The van der Waals surface area contributed by atoms with E-state index in [0.29, 0.717) is 11.0 Å². The summed E-state index contributed by atoms with van der Waals surface area (Å²) in [6, 6.07) is 8.42. The molecular formula is C17H14O6. The van der Waals surface area contributed by atoms with Crippen molar-refractivity contribution in [2.75, 3.05) is 0 Å². The number of rotatable bonds is 4. The second-order valence-electron chi connectivity index (χ2n) is 5.16. The van der Waals surface area contributed by atoms with Crippen molar-refractivity contribution in [1.29, 1.82) is 0 Å². The van der Waals surface area contributed by atoms with Crippen LogP contribution in [0.3, 0.4) is 0 Å². The van der Waals surface area contributed by atoms with Crippen LogP contribution < -0.4 is 10.2 Å². The third-order valence-corrected chi connectivity index (χ3v) is 3.39. The molecule has 1 aromatic carbocycles. The Labute approximate surface area is 130 Å². The summed E-state index contributed by atoms with van der Waals surface area (Å²) >= 11 is 0. The molecule has 0 aliphatic rings. The minimum atomic E-state index is -1.20. The van der Waals surface area contributed by atoms with E-state index >= 15 is 0 Å². The predicted molar refractivity (Wildman–Crippen MR) is 82.6 cm³/mol. The van der Waals surface area contributed by atoms with Crippen molar-refractivity contribution < 1.29 is 23.5 Å². The van der Waals surface area contributed by atoms with Crippen molar-refractivity contribution in [3.05, 3.63) is 52.4 Å². The smallest absolute Gasteiger partial charge is 0.344 e. The molecule has 1 unspecified atom stereocenters. The van der Waals surface area contributed by atoms with Gasteiger partial charge in [0, 0.05) is 0 Å². The van der Waals surface area contributed by atoms with Gasteiger partial charge in [-0.3, -0.25) is 4.79 Å². The number of hydrogen-bond donors (Lipinski definition) is 1. The van der Waals surface area contributed by atoms with Gasteiger partial charge in [-0.05, 0) is 38.1 Å². The van der Waals surface area contributed by atoms with Gasteiger partial charge in [0.2, 0.25) is 16.9 Å². The summed E-state index contributed by atoms with van der Waals surface area (Å²) in [6.07, 6.45) is 0.230. The first kappa shape index (κ1) is 14.9. The van der Waals surface area contributed by atoms with E-state index in [0.717, 1.165) is 5.56 Å². The molecule has 118 valence electrons. The van der Waals surface area contributed by atoms with Gasteiger partial charge in [0.1, 0.15) is 5.58 Å². The Hall–Kier alpha value is -3.02. The number of carboxylic acid groups (broad SMARTS) is 1. The SMILES string of the molecule is Cc1ccc2oc(-c3ccco3)c(OC(C)C(=O)O)c(=O)c2c1. The Morgan fingerprint density at radius 1 is 1.30 bits per heavy atom. The Kier molecular flexibility index (Phi) is 3.65. The summed E-state index contributed by atoms with van der Waals surface area (Å²) in [4.78, 5) is 23.8. The van der Waals surface area contributed by atoms with E-state index in [4.69, 9.17) is 18.7 Å². The average molecular weight is 314 g/mol. The summed E-state index contributed by atoms with van der Waals surface area (Å²) in [5.74, 6) is -0.992. The van der Waals surface area contributed by atoms with E-state index < -0.39 is 17.5 Å². The van der Waals surface area contributed by atoms with E-state index in [-0.39, 0.29) is 17.3 Å². The topological polar surface area (TPSA) is 89.9 Å². The molecule has 0 bridgehead atoms. The molecule has 2 heterocycles. The number of ether oxygens (including phenoxy) is 1. The Morgan fingerprint density at radius 3 is 2.74 bits per heavy atom. The maximum Gasteiger partial charge on any atom is 0.344 e. The molecule has 0 aliphatic heterocycles. The predicted octanol–water partition coefficient (Wildman–Crippen LogP) is 3.21. The highest BCUT2D eigenvalue weighted by Crippen LogP contribution is 2.32. The van der Waals surface area contributed by atoms with Crippen LogP contribution in [0, 0.1) is 6.92 Å². The fraction of sp³-hybridized carbons (Fsp3) is 0.176. The minimum absolute atomic E-state index is 0.0736. The zero-order chi connectivity index (χ0) is 16.6. The minimum Gasteiger partial charge on any atom is -0.479 e. The maximum absolute atomic E-state index is 12.7. The summed E-state index contributed by atoms with van der Waals surface area (Å²) in [6.45, 7) is 3.19. The van der Waals surface area contributed by atoms with Crippen LogP contribution in [0.1, 0.15) is 12.5 Å². The van der Waals surface area contributed by atoms with Gasteiger partial charge >= 0.3 is 5.97 Å². The van der Waals surface area contributed by atoms with E-state index in [2.05, 4.69) is 0 Å². The molecule has 1 atom stereocenters. The fourth-order valence-corrected chi connectivity index (χ4v) is 2.20. The lowest BCUT2D eigenvalue weighted by atomic mass is 10.1. The van der Waals surface area contributed by atoms with Crippen LogP contribution in [-0.2, 0) is 4.79 Å². The van der Waals surface area contributed by atoms with Crippen molar-refractivity contribution >= 4 is 16.9 Å². The number of hydrogen-bond acceptors (Lipinski definition) is 5. The van der Waals surface area contributed by atoms with Crippen LogP contribution >= 0.6 is 0 Å².